The van der Waals surface area contributed by atoms with Gasteiger partial charge in [0.2, 0.25) is 5.28 Å². The molecule has 2 unspecified atom stereocenters. The average molecular weight is 507 g/mol. The number of aromatic nitrogens is 2. The quantitative estimate of drug-likeness (QED) is 0.371. The standard InChI is InChI=1S/C26H30ClF3N4O/c1-14-10-17(8-9-31-13-14)22(35)12-16-6-7-19-21(11-16)33-26(27)34-25(19)32-15(2)18-4-3-5-20(23(18)28)24(29)30/h3-5,12,14-15,17,24,31H,6-11,13H2,1-2H3,(H,32,33,34)/t14?,15-,17?/m1/s1. The lowest BCUT2D eigenvalue weighted by Gasteiger charge is -2.24. The second-order valence-corrected chi connectivity index (χ2v) is 9.93. The summed E-state index contributed by atoms with van der Waals surface area (Å²) < 4.78 is 40.9. The molecule has 35 heavy (non-hydrogen) atoms. The maximum absolute atomic E-state index is 14.6. The van der Waals surface area contributed by atoms with E-state index in [2.05, 4.69) is 27.5 Å². The Hall–Kier alpha value is -2.45. The van der Waals surface area contributed by atoms with Gasteiger partial charge in [0.15, 0.2) is 5.78 Å². The Morgan fingerprint density at radius 1 is 1.26 bits per heavy atom. The molecule has 1 saturated heterocycles. The molecule has 1 aliphatic carbocycles. The van der Waals surface area contributed by atoms with Crippen molar-refractivity contribution in [2.24, 2.45) is 11.8 Å². The summed E-state index contributed by atoms with van der Waals surface area (Å²) >= 11 is 6.19. The van der Waals surface area contributed by atoms with Gasteiger partial charge in [-0.15, -0.1) is 0 Å². The van der Waals surface area contributed by atoms with Crippen molar-refractivity contribution in [3.05, 3.63) is 63.3 Å². The monoisotopic (exact) mass is 506 g/mol. The van der Waals surface area contributed by atoms with Gasteiger partial charge < -0.3 is 10.6 Å². The summed E-state index contributed by atoms with van der Waals surface area (Å²) in [4.78, 5) is 21.6. The molecule has 9 heteroatoms. The van der Waals surface area contributed by atoms with Crippen LogP contribution >= 0.6 is 11.6 Å². The lowest BCUT2D eigenvalue weighted by Crippen LogP contribution is -2.19. The highest BCUT2D eigenvalue weighted by Gasteiger charge is 2.26. The summed E-state index contributed by atoms with van der Waals surface area (Å²) in [6.45, 7) is 5.63. The first-order chi connectivity index (χ1) is 16.7. The van der Waals surface area contributed by atoms with Gasteiger partial charge in [-0.3, -0.25) is 4.79 Å². The van der Waals surface area contributed by atoms with Crippen molar-refractivity contribution in [2.75, 3.05) is 18.4 Å². The number of nitrogens with one attached hydrogen (secondary N) is 2. The fourth-order valence-electron chi connectivity index (χ4n) is 4.98. The number of alkyl halides is 2. The minimum atomic E-state index is -2.89. The van der Waals surface area contributed by atoms with Crippen molar-refractivity contribution in [2.45, 2.75) is 58.4 Å². The third-order valence-electron chi connectivity index (χ3n) is 6.87. The molecule has 0 saturated carbocycles. The predicted molar refractivity (Wildman–Crippen MR) is 130 cm³/mol. The van der Waals surface area contributed by atoms with Crippen molar-refractivity contribution in [3.63, 3.8) is 0 Å². The molecule has 2 aromatic rings. The number of ketones is 1. The van der Waals surface area contributed by atoms with Crippen molar-refractivity contribution in [1.82, 2.24) is 15.3 Å². The smallest absolute Gasteiger partial charge is 0.266 e. The molecule has 2 N–H and O–H groups in total. The summed E-state index contributed by atoms with van der Waals surface area (Å²) in [6.07, 6.45) is 2.38. The van der Waals surface area contributed by atoms with E-state index in [0.29, 0.717) is 31.0 Å². The van der Waals surface area contributed by atoms with Crippen LogP contribution in [0.25, 0.3) is 0 Å². The van der Waals surface area contributed by atoms with E-state index in [1.54, 1.807) is 13.0 Å². The van der Waals surface area contributed by atoms with Crippen LogP contribution in [0.1, 0.15) is 68.0 Å². The molecule has 3 atom stereocenters. The molecular weight excluding hydrogens is 477 g/mol. The molecule has 2 aliphatic rings. The van der Waals surface area contributed by atoms with Crippen LogP contribution in [0.2, 0.25) is 5.28 Å². The first kappa shape index (κ1) is 25.6. The molecule has 0 spiro atoms. The second-order valence-electron chi connectivity index (χ2n) is 9.60. The van der Waals surface area contributed by atoms with Crippen molar-refractivity contribution < 1.29 is 18.0 Å². The first-order valence-electron chi connectivity index (χ1n) is 12.0. The van der Waals surface area contributed by atoms with Gasteiger partial charge in [-0.2, -0.15) is 0 Å². The van der Waals surface area contributed by atoms with Gasteiger partial charge in [-0.25, -0.2) is 23.1 Å². The highest BCUT2D eigenvalue weighted by Crippen LogP contribution is 2.33. The number of carbonyl (C=O) groups excluding carboxylic acids is 1. The number of anilines is 1. The number of carbonyl (C=O) groups is 1. The molecular formula is C26H30ClF3N4O. The lowest BCUT2D eigenvalue weighted by atomic mass is 9.86. The Bertz CT molecular complexity index is 1120. The predicted octanol–water partition coefficient (Wildman–Crippen LogP) is 6.00. The summed E-state index contributed by atoms with van der Waals surface area (Å²) in [5, 5.41) is 6.56. The molecule has 5 nitrogen and oxygen atoms in total. The third kappa shape index (κ3) is 6.04. The van der Waals surface area contributed by atoms with Crippen molar-refractivity contribution in [1.29, 1.82) is 0 Å². The van der Waals surface area contributed by atoms with E-state index >= 15 is 0 Å². The van der Waals surface area contributed by atoms with Crippen LogP contribution in [-0.4, -0.2) is 28.8 Å². The van der Waals surface area contributed by atoms with Crippen LogP contribution in [-0.2, 0) is 17.6 Å². The molecule has 0 radical (unpaired) electrons. The molecule has 1 aromatic heterocycles. The van der Waals surface area contributed by atoms with Crippen LogP contribution in [0.4, 0.5) is 19.0 Å². The normalized spacial score (nSPS) is 22.5. The third-order valence-corrected chi connectivity index (χ3v) is 7.04. The zero-order chi connectivity index (χ0) is 25.1. The number of rotatable bonds is 6. The largest absolute Gasteiger partial charge is 0.363 e. The molecule has 1 fully saturated rings. The SMILES string of the molecule is CC1CNCCC(C(=O)C=C2CCc3c(nc(Cl)nc3N[C@H](C)c3cccc(C(F)F)c3F)C2)C1. The fraction of sp³-hybridized carbons (Fsp3) is 0.500. The summed E-state index contributed by atoms with van der Waals surface area (Å²) in [5.41, 5.74) is 2.08. The van der Waals surface area contributed by atoms with Crippen LogP contribution in [0.5, 0.6) is 0 Å². The Labute approximate surface area is 208 Å². The average Bonchev–Trinajstić information content (AvgIpc) is 3.03. The van der Waals surface area contributed by atoms with Crippen LogP contribution in [0, 0.1) is 17.7 Å². The molecule has 2 heterocycles. The Morgan fingerprint density at radius 3 is 2.80 bits per heavy atom. The zero-order valence-electron chi connectivity index (χ0n) is 19.9. The fourth-order valence-corrected chi connectivity index (χ4v) is 5.17. The van der Waals surface area contributed by atoms with Gasteiger partial charge in [0.05, 0.1) is 17.3 Å². The number of hydrogen-bond donors (Lipinski definition) is 2. The highest BCUT2D eigenvalue weighted by atomic mass is 35.5. The van der Waals surface area contributed by atoms with Crippen molar-refractivity contribution in [3.8, 4) is 0 Å². The number of benzene rings is 1. The Kier molecular flexibility index (Phi) is 8.12. The van der Waals surface area contributed by atoms with Gasteiger partial charge in [0.1, 0.15) is 11.6 Å². The topological polar surface area (TPSA) is 66.9 Å². The Balaban J connectivity index is 1.53. The Morgan fingerprint density at radius 2 is 2.03 bits per heavy atom. The molecule has 0 bridgehead atoms. The molecule has 1 aliphatic heterocycles. The summed E-state index contributed by atoms with van der Waals surface area (Å²) in [6, 6.07) is 3.36. The first-order valence-corrected chi connectivity index (χ1v) is 12.4. The molecule has 1 aromatic carbocycles. The molecule has 188 valence electrons. The van der Waals surface area contributed by atoms with Crippen LogP contribution in [0.3, 0.4) is 0 Å². The molecule has 0 amide bonds. The number of allylic oxidation sites excluding steroid dienone is 2. The maximum atomic E-state index is 14.6. The minimum absolute atomic E-state index is 0.0276. The van der Waals surface area contributed by atoms with E-state index in [4.69, 9.17) is 11.6 Å². The highest BCUT2D eigenvalue weighted by molar-refractivity contribution is 6.28. The van der Waals surface area contributed by atoms with Gasteiger partial charge in [-0.05, 0) is 69.3 Å². The maximum Gasteiger partial charge on any atom is 0.266 e. The van der Waals surface area contributed by atoms with Gasteiger partial charge in [0, 0.05) is 23.5 Å². The van der Waals surface area contributed by atoms with E-state index in [1.807, 2.05) is 0 Å². The number of nitrogens with zero attached hydrogens (tertiary/aromatic N) is 2. The van der Waals surface area contributed by atoms with Crippen LogP contribution < -0.4 is 10.6 Å². The van der Waals surface area contributed by atoms with Crippen LogP contribution in [0.15, 0.2) is 29.8 Å². The second kappa shape index (κ2) is 11.1. The lowest BCUT2D eigenvalue weighted by molar-refractivity contribution is -0.118. The van der Waals surface area contributed by atoms with E-state index < -0.39 is 23.8 Å². The summed E-state index contributed by atoms with van der Waals surface area (Å²) in [7, 11) is 0. The van der Waals surface area contributed by atoms with Gasteiger partial charge in [0.25, 0.3) is 6.43 Å². The number of hydrogen-bond acceptors (Lipinski definition) is 5. The number of fused-ring (bicyclic) bond motifs is 1. The van der Waals surface area contributed by atoms with E-state index in [-0.39, 0.29) is 22.5 Å². The van der Waals surface area contributed by atoms with Gasteiger partial charge in [-0.1, -0.05) is 30.7 Å². The minimum Gasteiger partial charge on any atom is -0.363 e. The van der Waals surface area contributed by atoms with E-state index in [1.165, 1.54) is 12.1 Å². The molecule has 4 rings (SSSR count). The van der Waals surface area contributed by atoms with Gasteiger partial charge >= 0.3 is 0 Å². The van der Waals surface area contributed by atoms with E-state index in [9.17, 15) is 18.0 Å². The van der Waals surface area contributed by atoms with Crippen molar-refractivity contribution >= 4 is 23.2 Å². The van der Waals surface area contributed by atoms with E-state index in [0.717, 1.165) is 48.8 Å². The number of halogens is 4. The zero-order valence-corrected chi connectivity index (χ0v) is 20.6. The summed E-state index contributed by atoms with van der Waals surface area (Å²) in [5.74, 6) is 0.192.